The first-order chi connectivity index (χ1) is 8.74. The summed E-state index contributed by atoms with van der Waals surface area (Å²) in [4.78, 5) is 2.27. The number of hydrogen-bond donors (Lipinski definition) is 1. The quantitative estimate of drug-likeness (QED) is 0.906. The largest absolute Gasteiger partial charge is 0.314 e. The van der Waals surface area contributed by atoms with Crippen molar-refractivity contribution in [2.24, 2.45) is 0 Å². The number of hydrogen-bond acceptors (Lipinski definition) is 2. The molecule has 0 amide bonds. The topological polar surface area (TPSA) is 15.3 Å². The lowest BCUT2D eigenvalue weighted by atomic mass is 10.0. The van der Waals surface area contributed by atoms with Crippen LogP contribution in [0, 0.1) is 0 Å². The summed E-state index contributed by atoms with van der Waals surface area (Å²) in [5.74, 6) is 0. The molecule has 1 aliphatic heterocycles. The van der Waals surface area contributed by atoms with Crippen molar-refractivity contribution in [2.45, 2.75) is 12.5 Å². The normalized spacial score (nSPS) is 17.8. The van der Waals surface area contributed by atoms with Crippen LogP contribution < -0.4 is 5.32 Å². The Balaban J connectivity index is 0.00000180. The van der Waals surface area contributed by atoms with Gasteiger partial charge in [-0.1, -0.05) is 35.3 Å². The van der Waals surface area contributed by atoms with E-state index in [4.69, 9.17) is 23.2 Å². The minimum Gasteiger partial charge on any atom is -0.314 e. The van der Waals surface area contributed by atoms with Crippen LogP contribution in [-0.4, -0.2) is 37.8 Å². The molecule has 19 heavy (non-hydrogen) atoms. The Hall–Kier alpha value is -0.0600. The molecule has 0 unspecified atom stereocenters. The van der Waals surface area contributed by atoms with Gasteiger partial charge in [-0.05, 0) is 18.1 Å². The highest BCUT2D eigenvalue weighted by Crippen LogP contribution is 2.34. The van der Waals surface area contributed by atoms with Crippen LogP contribution in [0.1, 0.15) is 18.0 Å². The number of rotatable bonds is 4. The highest BCUT2D eigenvalue weighted by Gasteiger charge is 2.24. The fourth-order valence-corrected chi connectivity index (χ4v) is 2.84. The second-order valence-electron chi connectivity index (χ2n) is 4.42. The number of nitrogens with one attached hydrogen (secondary N) is 1. The average molecular weight is 328 g/mol. The summed E-state index contributed by atoms with van der Waals surface area (Å²) >= 11 is 12.3. The second kappa shape index (κ2) is 8.28. The molecule has 0 saturated carbocycles. The van der Waals surface area contributed by atoms with E-state index in [0.29, 0.717) is 16.5 Å². The van der Waals surface area contributed by atoms with Crippen LogP contribution in [0.2, 0.25) is 10.0 Å². The summed E-state index contributed by atoms with van der Waals surface area (Å²) in [5.41, 5.74) is 0.934. The molecular formula is C13H18Cl3FN2. The van der Waals surface area contributed by atoms with Crippen molar-refractivity contribution in [1.82, 2.24) is 10.2 Å². The third kappa shape index (κ3) is 4.20. The molecule has 0 spiro atoms. The summed E-state index contributed by atoms with van der Waals surface area (Å²) in [7, 11) is 0. The standard InChI is InChI=1S/C13H17Cl2FN2.ClH/c14-11-3-1-2-10(13(11)15)12(4-5-16)18-8-6-17-7-9-18;/h1-3,12,17H,4-9H2;1H/t12-;/m1./s1. The Bertz CT molecular complexity index is 397. The van der Waals surface area contributed by atoms with Gasteiger partial charge >= 0.3 is 0 Å². The minimum atomic E-state index is -0.350. The van der Waals surface area contributed by atoms with E-state index >= 15 is 0 Å². The van der Waals surface area contributed by atoms with Crippen molar-refractivity contribution < 1.29 is 4.39 Å². The van der Waals surface area contributed by atoms with E-state index in [-0.39, 0.29) is 25.1 Å². The number of alkyl halides is 1. The summed E-state index contributed by atoms with van der Waals surface area (Å²) in [6.07, 6.45) is 0.458. The molecule has 0 aliphatic carbocycles. The molecule has 0 aromatic heterocycles. The lowest BCUT2D eigenvalue weighted by Gasteiger charge is -2.35. The van der Waals surface area contributed by atoms with Gasteiger partial charge in [-0.15, -0.1) is 12.4 Å². The SMILES string of the molecule is Cl.FCC[C@H](c1cccc(Cl)c1Cl)N1CCNCC1. The predicted molar refractivity (Wildman–Crippen MR) is 81.5 cm³/mol. The molecule has 0 bridgehead atoms. The van der Waals surface area contributed by atoms with E-state index in [1.165, 1.54) is 0 Å². The van der Waals surface area contributed by atoms with Crippen molar-refractivity contribution in [3.63, 3.8) is 0 Å². The van der Waals surface area contributed by atoms with Gasteiger partial charge in [0.2, 0.25) is 0 Å². The maximum Gasteiger partial charge on any atom is 0.0912 e. The van der Waals surface area contributed by atoms with Gasteiger partial charge in [0.25, 0.3) is 0 Å². The minimum absolute atomic E-state index is 0. The zero-order valence-electron chi connectivity index (χ0n) is 10.5. The van der Waals surface area contributed by atoms with Crippen LogP contribution in [-0.2, 0) is 0 Å². The van der Waals surface area contributed by atoms with Crippen LogP contribution in [0.25, 0.3) is 0 Å². The molecule has 2 rings (SSSR count). The van der Waals surface area contributed by atoms with E-state index in [9.17, 15) is 4.39 Å². The Morgan fingerprint density at radius 3 is 2.58 bits per heavy atom. The lowest BCUT2D eigenvalue weighted by molar-refractivity contribution is 0.157. The van der Waals surface area contributed by atoms with Crippen LogP contribution >= 0.6 is 35.6 Å². The zero-order valence-corrected chi connectivity index (χ0v) is 12.9. The molecule has 1 heterocycles. The smallest absolute Gasteiger partial charge is 0.0912 e. The van der Waals surface area contributed by atoms with Gasteiger partial charge < -0.3 is 5.32 Å². The summed E-state index contributed by atoms with van der Waals surface area (Å²) in [6, 6.07) is 5.59. The van der Waals surface area contributed by atoms with Crippen LogP contribution in [0.4, 0.5) is 4.39 Å². The molecule has 0 radical (unpaired) electrons. The van der Waals surface area contributed by atoms with Crippen LogP contribution in [0.15, 0.2) is 18.2 Å². The number of benzene rings is 1. The lowest BCUT2D eigenvalue weighted by Crippen LogP contribution is -2.45. The van der Waals surface area contributed by atoms with Crippen LogP contribution in [0.5, 0.6) is 0 Å². The highest BCUT2D eigenvalue weighted by molar-refractivity contribution is 6.42. The van der Waals surface area contributed by atoms with Crippen molar-refractivity contribution >= 4 is 35.6 Å². The molecule has 1 aliphatic rings. The maximum absolute atomic E-state index is 12.8. The molecule has 2 nitrogen and oxygen atoms in total. The maximum atomic E-state index is 12.8. The van der Waals surface area contributed by atoms with E-state index in [1.54, 1.807) is 6.07 Å². The number of nitrogens with zero attached hydrogens (tertiary/aromatic N) is 1. The first-order valence-corrected chi connectivity index (χ1v) is 6.94. The fourth-order valence-electron chi connectivity index (χ4n) is 2.41. The zero-order chi connectivity index (χ0) is 13.0. The Labute approximate surface area is 129 Å². The third-order valence-electron chi connectivity index (χ3n) is 3.32. The number of piperazine rings is 1. The van der Waals surface area contributed by atoms with Gasteiger partial charge in [0.1, 0.15) is 0 Å². The summed E-state index contributed by atoms with van der Waals surface area (Å²) < 4.78 is 12.8. The summed E-state index contributed by atoms with van der Waals surface area (Å²) in [6.45, 7) is 3.33. The Morgan fingerprint density at radius 2 is 1.95 bits per heavy atom. The van der Waals surface area contributed by atoms with E-state index in [2.05, 4.69) is 10.2 Å². The van der Waals surface area contributed by atoms with Gasteiger partial charge in [-0.2, -0.15) is 0 Å². The van der Waals surface area contributed by atoms with E-state index < -0.39 is 0 Å². The van der Waals surface area contributed by atoms with E-state index in [1.807, 2.05) is 12.1 Å². The fraction of sp³-hybridized carbons (Fsp3) is 0.538. The van der Waals surface area contributed by atoms with Crippen LogP contribution in [0.3, 0.4) is 0 Å². The van der Waals surface area contributed by atoms with Gasteiger partial charge in [0, 0.05) is 32.2 Å². The average Bonchev–Trinajstić information content (AvgIpc) is 2.41. The molecule has 1 atom stereocenters. The second-order valence-corrected chi connectivity index (χ2v) is 5.21. The van der Waals surface area contributed by atoms with Crippen molar-refractivity contribution in [2.75, 3.05) is 32.9 Å². The molecule has 6 heteroatoms. The molecule has 1 saturated heterocycles. The monoisotopic (exact) mass is 326 g/mol. The molecule has 1 aromatic carbocycles. The molecule has 1 N–H and O–H groups in total. The molecule has 1 fully saturated rings. The Morgan fingerprint density at radius 1 is 1.26 bits per heavy atom. The molecule has 1 aromatic rings. The highest BCUT2D eigenvalue weighted by atomic mass is 35.5. The van der Waals surface area contributed by atoms with Crippen molar-refractivity contribution in [3.05, 3.63) is 33.8 Å². The first kappa shape index (κ1) is 17.0. The van der Waals surface area contributed by atoms with E-state index in [0.717, 1.165) is 31.7 Å². The third-order valence-corrected chi connectivity index (χ3v) is 4.15. The predicted octanol–water partition coefficient (Wildman–Crippen LogP) is 3.72. The number of halogens is 4. The van der Waals surface area contributed by atoms with Crippen molar-refractivity contribution in [1.29, 1.82) is 0 Å². The molecule has 108 valence electrons. The van der Waals surface area contributed by atoms with Gasteiger partial charge in [-0.25, -0.2) is 0 Å². The van der Waals surface area contributed by atoms with Crippen molar-refractivity contribution in [3.8, 4) is 0 Å². The first-order valence-electron chi connectivity index (χ1n) is 6.18. The van der Waals surface area contributed by atoms with Gasteiger partial charge in [0.15, 0.2) is 0 Å². The summed E-state index contributed by atoms with van der Waals surface area (Å²) in [5, 5.41) is 4.38. The Kier molecular flexibility index (Phi) is 7.40. The van der Waals surface area contributed by atoms with Gasteiger partial charge in [-0.3, -0.25) is 9.29 Å². The molecular weight excluding hydrogens is 310 g/mol. The van der Waals surface area contributed by atoms with Gasteiger partial charge in [0.05, 0.1) is 16.7 Å².